The van der Waals surface area contributed by atoms with Gasteiger partial charge in [0.25, 0.3) is 5.91 Å². The Morgan fingerprint density at radius 1 is 1.24 bits per heavy atom. The summed E-state index contributed by atoms with van der Waals surface area (Å²) in [5.41, 5.74) is 0.0795. The zero-order chi connectivity index (χ0) is 17.9. The van der Waals surface area contributed by atoms with E-state index in [1.54, 1.807) is 7.11 Å². The van der Waals surface area contributed by atoms with Gasteiger partial charge in [-0.25, -0.2) is 0 Å². The standard InChI is InChI=1S/C21H27NO3/c1-4-25-19-12-11-18(16-9-5-6-10-17(16)19)22-20(23)21(24-3)13-7-8-15(2)14-21/h5-6,9-12,15H,4,7-8,13-14H2,1-3H3,(H,22,23). The topological polar surface area (TPSA) is 47.6 Å². The number of hydrogen-bond donors (Lipinski definition) is 1. The first kappa shape index (κ1) is 17.7. The van der Waals surface area contributed by atoms with E-state index < -0.39 is 5.60 Å². The fourth-order valence-electron chi connectivity index (χ4n) is 3.89. The van der Waals surface area contributed by atoms with E-state index in [-0.39, 0.29) is 5.91 Å². The molecule has 0 spiro atoms. The van der Waals surface area contributed by atoms with Crippen LogP contribution in [0.2, 0.25) is 0 Å². The first-order valence-corrected chi connectivity index (χ1v) is 9.11. The van der Waals surface area contributed by atoms with Gasteiger partial charge in [0.05, 0.1) is 6.61 Å². The fourth-order valence-corrected chi connectivity index (χ4v) is 3.89. The van der Waals surface area contributed by atoms with E-state index in [4.69, 9.17) is 9.47 Å². The lowest BCUT2D eigenvalue weighted by Crippen LogP contribution is -2.47. The van der Waals surface area contributed by atoms with Crippen LogP contribution in [0.25, 0.3) is 10.8 Å². The van der Waals surface area contributed by atoms with E-state index in [9.17, 15) is 4.79 Å². The third kappa shape index (κ3) is 3.49. The summed E-state index contributed by atoms with van der Waals surface area (Å²) in [7, 11) is 1.65. The van der Waals surface area contributed by atoms with Gasteiger partial charge >= 0.3 is 0 Å². The number of amides is 1. The Kier molecular flexibility index (Phi) is 5.28. The Balaban J connectivity index is 1.92. The number of nitrogens with one attached hydrogen (secondary N) is 1. The Morgan fingerprint density at radius 3 is 2.68 bits per heavy atom. The van der Waals surface area contributed by atoms with Crippen LogP contribution in [-0.4, -0.2) is 25.2 Å². The maximum atomic E-state index is 13.1. The van der Waals surface area contributed by atoms with Crippen molar-refractivity contribution < 1.29 is 14.3 Å². The van der Waals surface area contributed by atoms with Crippen molar-refractivity contribution in [3.8, 4) is 5.75 Å². The molecule has 1 amide bonds. The molecule has 1 fully saturated rings. The van der Waals surface area contributed by atoms with E-state index in [2.05, 4.69) is 12.2 Å². The maximum absolute atomic E-state index is 13.1. The highest BCUT2D eigenvalue weighted by atomic mass is 16.5. The van der Waals surface area contributed by atoms with Crippen molar-refractivity contribution in [1.82, 2.24) is 0 Å². The van der Waals surface area contributed by atoms with Crippen molar-refractivity contribution >= 4 is 22.4 Å². The molecule has 1 aliphatic rings. The summed E-state index contributed by atoms with van der Waals surface area (Å²) in [5.74, 6) is 1.29. The first-order chi connectivity index (χ1) is 12.1. The largest absolute Gasteiger partial charge is 0.493 e. The number of carbonyl (C=O) groups is 1. The second-order valence-electron chi connectivity index (χ2n) is 6.94. The molecule has 1 N–H and O–H groups in total. The van der Waals surface area contributed by atoms with E-state index in [1.165, 1.54) is 0 Å². The number of rotatable bonds is 5. The van der Waals surface area contributed by atoms with Crippen molar-refractivity contribution in [3.63, 3.8) is 0 Å². The van der Waals surface area contributed by atoms with Crippen LogP contribution >= 0.6 is 0 Å². The number of ether oxygens (including phenoxy) is 2. The summed E-state index contributed by atoms with van der Waals surface area (Å²) < 4.78 is 11.4. The maximum Gasteiger partial charge on any atom is 0.256 e. The Hall–Kier alpha value is -2.07. The van der Waals surface area contributed by atoms with Crippen molar-refractivity contribution in [2.75, 3.05) is 19.0 Å². The summed E-state index contributed by atoms with van der Waals surface area (Å²) in [6, 6.07) is 11.8. The van der Waals surface area contributed by atoms with Gasteiger partial charge < -0.3 is 14.8 Å². The zero-order valence-corrected chi connectivity index (χ0v) is 15.3. The molecule has 2 atom stereocenters. The second kappa shape index (κ2) is 7.44. The van der Waals surface area contributed by atoms with Crippen LogP contribution in [0.4, 0.5) is 5.69 Å². The molecule has 0 bridgehead atoms. The van der Waals surface area contributed by atoms with Crippen LogP contribution in [0.5, 0.6) is 5.75 Å². The second-order valence-corrected chi connectivity index (χ2v) is 6.94. The van der Waals surface area contributed by atoms with Gasteiger partial charge in [0.15, 0.2) is 0 Å². The molecule has 4 heteroatoms. The normalized spacial score (nSPS) is 23.4. The third-order valence-electron chi connectivity index (χ3n) is 5.19. The van der Waals surface area contributed by atoms with Gasteiger partial charge in [-0.3, -0.25) is 4.79 Å². The highest BCUT2D eigenvalue weighted by Crippen LogP contribution is 2.37. The van der Waals surface area contributed by atoms with E-state index in [0.717, 1.165) is 47.9 Å². The van der Waals surface area contributed by atoms with Crippen molar-refractivity contribution in [2.24, 2.45) is 5.92 Å². The highest BCUT2D eigenvalue weighted by molar-refractivity contribution is 6.06. The molecule has 0 heterocycles. The SMILES string of the molecule is CCOc1ccc(NC(=O)C2(OC)CCCC(C)C2)c2ccccc12. The number of carbonyl (C=O) groups excluding carboxylic acids is 1. The highest BCUT2D eigenvalue weighted by Gasteiger charge is 2.42. The van der Waals surface area contributed by atoms with Gasteiger partial charge in [-0.2, -0.15) is 0 Å². The minimum Gasteiger partial charge on any atom is -0.493 e. The minimum absolute atomic E-state index is 0.0455. The molecular formula is C21H27NO3. The summed E-state index contributed by atoms with van der Waals surface area (Å²) in [6.07, 6.45) is 3.72. The fraction of sp³-hybridized carbons (Fsp3) is 0.476. The van der Waals surface area contributed by atoms with Crippen LogP contribution in [-0.2, 0) is 9.53 Å². The van der Waals surface area contributed by atoms with E-state index in [1.807, 2.05) is 43.3 Å². The molecule has 1 aliphatic carbocycles. The Labute approximate surface area is 149 Å². The van der Waals surface area contributed by atoms with Gasteiger partial charge in [-0.15, -0.1) is 0 Å². The lowest BCUT2D eigenvalue weighted by molar-refractivity contribution is -0.143. The molecule has 1 saturated carbocycles. The quantitative estimate of drug-likeness (QED) is 0.852. The van der Waals surface area contributed by atoms with Gasteiger partial charge in [0.2, 0.25) is 0 Å². The number of anilines is 1. The smallest absolute Gasteiger partial charge is 0.256 e. The van der Waals surface area contributed by atoms with Crippen molar-refractivity contribution in [3.05, 3.63) is 36.4 Å². The van der Waals surface area contributed by atoms with E-state index >= 15 is 0 Å². The number of methoxy groups -OCH3 is 1. The van der Waals surface area contributed by atoms with Crippen LogP contribution in [0.15, 0.2) is 36.4 Å². The molecule has 2 aromatic carbocycles. The Morgan fingerprint density at radius 2 is 2.00 bits per heavy atom. The van der Waals surface area contributed by atoms with Crippen LogP contribution in [0, 0.1) is 5.92 Å². The zero-order valence-electron chi connectivity index (χ0n) is 15.3. The summed E-state index contributed by atoms with van der Waals surface area (Å²) in [6.45, 7) is 4.77. The molecule has 2 aromatic rings. The van der Waals surface area contributed by atoms with Crippen molar-refractivity contribution in [2.45, 2.75) is 45.1 Å². The molecule has 3 rings (SSSR count). The summed E-state index contributed by atoms with van der Waals surface area (Å²) >= 11 is 0. The van der Waals surface area contributed by atoms with Crippen molar-refractivity contribution in [1.29, 1.82) is 0 Å². The van der Waals surface area contributed by atoms with Crippen LogP contribution in [0.3, 0.4) is 0 Å². The predicted octanol–water partition coefficient (Wildman–Crippen LogP) is 4.77. The summed E-state index contributed by atoms with van der Waals surface area (Å²) in [5, 5.41) is 5.11. The average molecular weight is 341 g/mol. The molecule has 134 valence electrons. The lowest BCUT2D eigenvalue weighted by atomic mass is 9.78. The third-order valence-corrected chi connectivity index (χ3v) is 5.19. The molecule has 2 unspecified atom stereocenters. The van der Waals surface area contributed by atoms with Gasteiger partial charge in [-0.05, 0) is 44.2 Å². The molecule has 0 aromatic heterocycles. The number of hydrogen-bond acceptors (Lipinski definition) is 3. The predicted molar refractivity (Wildman–Crippen MR) is 101 cm³/mol. The first-order valence-electron chi connectivity index (χ1n) is 9.11. The Bertz CT molecular complexity index is 758. The molecule has 0 aliphatic heterocycles. The van der Waals surface area contributed by atoms with E-state index in [0.29, 0.717) is 12.5 Å². The van der Waals surface area contributed by atoms with Gasteiger partial charge in [0.1, 0.15) is 11.4 Å². The van der Waals surface area contributed by atoms with Crippen LogP contribution < -0.4 is 10.1 Å². The molecule has 4 nitrogen and oxygen atoms in total. The minimum atomic E-state index is -0.725. The molecule has 0 radical (unpaired) electrons. The lowest BCUT2D eigenvalue weighted by Gasteiger charge is -2.37. The average Bonchev–Trinajstić information content (AvgIpc) is 2.63. The monoisotopic (exact) mass is 341 g/mol. The van der Waals surface area contributed by atoms with Gasteiger partial charge in [0, 0.05) is 23.6 Å². The van der Waals surface area contributed by atoms with Gasteiger partial charge in [-0.1, -0.05) is 37.6 Å². The summed E-state index contributed by atoms with van der Waals surface area (Å²) in [4.78, 5) is 13.1. The number of benzene rings is 2. The molecule has 25 heavy (non-hydrogen) atoms. The molecule has 0 saturated heterocycles. The van der Waals surface area contributed by atoms with Crippen LogP contribution in [0.1, 0.15) is 39.5 Å². The number of fused-ring (bicyclic) bond motifs is 1. The molecular weight excluding hydrogens is 314 g/mol.